The van der Waals surface area contributed by atoms with Crippen molar-refractivity contribution >= 4 is 33.9 Å². The summed E-state index contributed by atoms with van der Waals surface area (Å²) in [5, 5.41) is 2.60. The van der Waals surface area contributed by atoms with Crippen molar-refractivity contribution in [1.82, 2.24) is 5.32 Å². The number of esters is 1. The van der Waals surface area contributed by atoms with Gasteiger partial charge in [0.2, 0.25) is 5.91 Å². The molecule has 1 aliphatic rings. The second-order valence-electron chi connectivity index (χ2n) is 3.87. The topological polar surface area (TPSA) is 55.4 Å². The zero-order valence-electron chi connectivity index (χ0n) is 9.56. The number of benzene rings is 1. The second-order valence-corrected chi connectivity index (χ2v) is 4.73. The third-order valence-corrected chi connectivity index (χ3v) is 3.29. The number of rotatable bonds is 3. The van der Waals surface area contributed by atoms with Gasteiger partial charge in [0, 0.05) is 17.0 Å². The molecule has 0 unspecified atom stereocenters. The van der Waals surface area contributed by atoms with E-state index >= 15 is 0 Å². The molecule has 1 fully saturated rings. The van der Waals surface area contributed by atoms with Crippen molar-refractivity contribution in [3.8, 4) is 0 Å². The highest BCUT2D eigenvalue weighted by Gasteiger charge is 2.27. The summed E-state index contributed by atoms with van der Waals surface area (Å²) in [7, 11) is 0. The number of nitrogens with one attached hydrogen (secondary N) is 1. The fourth-order valence-corrected chi connectivity index (χ4v) is 2.04. The number of halogens is 1. The summed E-state index contributed by atoms with van der Waals surface area (Å²) in [5.41, 5.74) is 0.904. The van der Waals surface area contributed by atoms with Crippen molar-refractivity contribution < 1.29 is 14.3 Å². The Morgan fingerprint density at radius 2 is 2.22 bits per heavy atom. The first-order valence-corrected chi connectivity index (χ1v) is 6.36. The minimum atomic E-state index is -0.513. The minimum absolute atomic E-state index is 0.297. The first-order valence-electron chi connectivity index (χ1n) is 5.56. The van der Waals surface area contributed by atoms with Gasteiger partial charge in [0.15, 0.2) is 0 Å². The van der Waals surface area contributed by atoms with E-state index < -0.39 is 6.04 Å². The molecule has 1 heterocycles. The summed E-state index contributed by atoms with van der Waals surface area (Å²) in [5.74, 6) is -0.660. The van der Waals surface area contributed by atoms with E-state index in [9.17, 15) is 9.59 Å². The van der Waals surface area contributed by atoms with E-state index in [1.807, 2.05) is 24.3 Å². The lowest BCUT2D eigenvalue weighted by atomic mass is 10.2. The normalized spacial score (nSPS) is 18.9. The molecule has 4 nitrogen and oxygen atoms in total. The molecule has 0 saturated carbocycles. The Kier molecular flexibility index (Phi) is 4.15. The van der Waals surface area contributed by atoms with Gasteiger partial charge in [-0.3, -0.25) is 4.79 Å². The monoisotopic (exact) mass is 309 g/mol. The predicted octanol–water partition coefficient (Wildman–Crippen LogP) is 1.89. The molecule has 1 aromatic carbocycles. The molecule has 18 heavy (non-hydrogen) atoms. The molecule has 1 N–H and O–H groups in total. The van der Waals surface area contributed by atoms with Gasteiger partial charge in [-0.05, 0) is 17.7 Å². The van der Waals surface area contributed by atoms with Crippen LogP contribution in [0.3, 0.4) is 0 Å². The molecule has 0 spiro atoms. The molecule has 2 rings (SSSR count). The summed E-state index contributed by atoms with van der Waals surface area (Å²) in [6.45, 7) is 0.373. The average molecular weight is 310 g/mol. The number of ether oxygens (including phenoxy) is 1. The minimum Gasteiger partial charge on any atom is -0.464 e. The van der Waals surface area contributed by atoms with Crippen LogP contribution in [0, 0.1) is 0 Å². The zero-order chi connectivity index (χ0) is 13.0. The summed E-state index contributed by atoms with van der Waals surface area (Å²) >= 11 is 3.39. The third-order valence-electron chi connectivity index (χ3n) is 2.57. The van der Waals surface area contributed by atoms with E-state index in [1.165, 1.54) is 6.08 Å². The molecule has 0 bridgehead atoms. The van der Waals surface area contributed by atoms with E-state index in [0.29, 0.717) is 13.0 Å². The molecule has 0 aromatic heterocycles. The van der Waals surface area contributed by atoms with Crippen molar-refractivity contribution in [3.63, 3.8) is 0 Å². The van der Waals surface area contributed by atoms with Gasteiger partial charge in [-0.15, -0.1) is 0 Å². The van der Waals surface area contributed by atoms with Crippen LogP contribution in [0.15, 0.2) is 34.8 Å². The Balaban J connectivity index is 1.95. The predicted molar refractivity (Wildman–Crippen MR) is 70.7 cm³/mol. The molecule has 1 aliphatic heterocycles. The van der Waals surface area contributed by atoms with Gasteiger partial charge < -0.3 is 10.1 Å². The van der Waals surface area contributed by atoms with E-state index in [4.69, 9.17) is 4.74 Å². The smallest absolute Gasteiger partial charge is 0.328 e. The Hall–Kier alpha value is -1.62. The number of hydrogen-bond donors (Lipinski definition) is 1. The fourth-order valence-electron chi connectivity index (χ4n) is 1.62. The van der Waals surface area contributed by atoms with Crippen LogP contribution in [0.25, 0.3) is 6.08 Å². The number of cyclic esters (lactones) is 1. The van der Waals surface area contributed by atoms with Gasteiger partial charge in [-0.1, -0.05) is 34.1 Å². The van der Waals surface area contributed by atoms with Crippen LogP contribution >= 0.6 is 15.9 Å². The molecular formula is C13H12BrNO3. The summed E-state index contributed by atoms with van der Waals surface area (Å²) in [6.07, 6.45) is 3.64. The largest absolute Gasteiger partial charge is 0.464 e. The molecule has 0 aliphatic carbocycles. The van der Waals surface area contributed by atoms with Crippen molar-refractivity contribution in [3.05, 3.63) is 40.4 Å². The van der Waals surface area contributed by atoms with Crippen LogP contribution in [-0.4, -0.2) is 24.5 Å². The quantitative estimate of drug-likeness (QED) is 0.685. The molecule has 1 atom stereocenters. The molecule has 1 amide bonds. The van der Waals surface area contributed by atoms with Gasteiger partial charge in [0.1, 0.15) is 6.04 Å². The highest BCUT2D eigenvalue weighted by atomic mass is 79.9. The highest BCUT2D eigenvalue weighted by Crippen LogP contribution is 2.17. The maximum absolute atomic E-state index is 11.6. The van der Waals surface area contributed by atoms with Gasteiger partial charge in [-0.2, -0.15) is 0 Å². The van der Waals surface area contributed by atoms with E-state index in [-0.39, 0.29) is 11.9 Å². The maximum Gasteiger partial charge on any atom is 0.328 e. The Morgan fingerprint density at radius 1 is 1.44 bits per heavy atom. The lowest BCUT2D eigenvalue weighted by Crippen LogP contribution is -2.36. The van der Waals surface area contributed by atoms with Gasteiger partial charge >= 0.3 is 5.97 Å². The zero-order valence-corrected chi connectivity index (χ0v) is 11.1. The number of amides is 1. The number of carbonyl (C=O) groups is 2. The molecular weight excluding hydrogens is 298 g/mol. The molecule has 94 valence electrons. The Bertz CT molecular complexity index is 499. The Labute approximate surface area is 113 Å². The number of carbonyl (C=O) groups excluding carboxylic acids is 2. The van der Waals surface area contributed by atoms with Crippen LogP contribution in [0.1, 0.15) is 12.0 Å². The van der Waals surface area contributed by atoms with Crippen molar-refractivity contribution in [2.75, 3.05) is 6.61 Å². The highest BCUT2D eigenvalue weighted by molar-refractivity contribution is 9.10. The van der Waals surface area contributed by atoms with E-state index in [1.54, 1.807) is 6.08 Å². The van der Waals surface area contributed by atoms with Gasteiger partial charge in [0.25, 0.3) is 0 Å². The Morgan fingerprint density at radius 3 is 2.89 bits per heavy atom. The lowest BCUT2D eigenvalue weighted by molar-refractivity contribution is -0.140. The SMILES string of the molecule is O=C(/C=C/c1ccccc1Br)N[C@H]1CCOC1=O. The van der Waals surface area contributed by atoms with Crippen molar-refractivity contribution in [1.29, 1.82) is 0 Å². The molecule has 0 radical (unpaired) electrons. The van der Waals surface area contributed by atoms with Crippen LogP contribution in [0.4, 0.5) is 0 Å². The van der Waals surface area contributed by atoms with E-state index in [2.05, 4.69) is 21.2 Å². The number of hydrogen-bond acceptors (Lipinski definition) is 3. The summed E-state index contributed by atoms with van der Waals surface area (Å²) in [4.78, 5) is 22.8. The lowest BCUT2D eigenvalue weighted by Gasteiger charge is -2.05. The van der Waals surface area contributed by atoms with Crippen LogP contribution in [-0.2, 0) is 14.3 Å². The second kappa shape index (κ2) is 5.82. The third kappa shape index (κ3) is 3.20. The van der Waals surface area contributed by atoms with Crippen LogP contribution < -0.4 is 5.32 Å². The summed E-state index contributed by atoms with van der Waals surface area (Å²) < 4.78 is 5.67. The van der Waals surface area contributed by atoms with Crippen LogP contribution in [0.5, 0.6) is 0 Å². The summed E-state index contributed by atoms with van der Waals surface area (Å²) in [6, 6.07) is 7.05. The standard InChI is InChI=1S/C13H12BrNO3/c14-10-4-2-1-3-9(10)5-6-12(16)15-11-7-8-18-13(11)17/h1-6,11H,7-8H2,(H,15,16)/b6-5+/t11-/m0/s1. The fraction of sp³-hybridized carbons (Fsp3) is 0.231. The first kappa shape index (κ1) is 12.8. The van der Waals surface area contributed by atoms with E-state index in [0.717, 1.165) is 10.0 Å². The molecule has 1 aromatic rings. The van der Waals surface area contributed by atoms with Crippen LogP contribution in [0.2, 0.25) is 0 Å². The van der Waals surface area contributed by atoms with Gasteiger partial charge in [-0.25, -0.2) is 4.79 Å². The molecule has 5 heteroatoms. The maximum atomic E-state index is 11.6. The van der Waals surface area contributed by atoms with Crippen molar-refractivity contribution in [2.24, 2.45) is 0 Å². The van der Waals surface area contributed by atoms with Gasteiger partial charge in [0.05, 0.1) is 6.61 Å². The first-order chi connectivity index (χ1) is 8.66. The van der Waals surface area contributed by atoms with Crippen molar-refractivity contribution in [2.45, 2.75) is 12.5 Å². The molecule has 1 saturated heterocycles. The average Bonchev–Trinajstić information content (AvgIpc) is 2.74.